The van der Waals surface area contributed by atoms with Gasteiger partial charge in [0.25, 0.3) is 5.56 Å². The van der Waals surface area contributed by atoms with E-state index in [0.717, 1.165) is 22.0 Å². The normalized spacial score (nSPS) is 15.0. The zero-order chi connectivity index (χ0) is 31.0. The maximum absolute atomic E-state index is 14.3. The Morgan fingerprint density at radius 1 is 1.09 bits per heavy atom. The number of fused-ring (bicyclic) bond motifs is 2. The van der Waals surface area contributed by atoms with Gasteiger partial charge in [0.2, 0.25) is 0 Å². The lowest BCUT2D eigenvalue weighted by molar-refractivity contribution is -0.139. The summed E-state index contributed by atoms with van der Waals surface area (Å²) >= 11 is 7.56. The van der Waals surface area contributed by atoms with Gasteiger partial charge >= 0.3 is 5.97 Å². The molecule has 2 aromatic heterocycles. The highest BCUT2D eigenvalue weighted by Crippen LogP contribution is 2.36. The number of nitrogens with zero attached hydrogens (tertiary/aromatic N) is 3. The lowest BCUT2D eigenvalue weighted by Gasteiger charge is -2.26. The Hall–Kier alpha value is -4.40. The fourth-order valence-corrected chi connectivity index (χ4v) is 6.90. The van der Waals surface area contributed by atoms with Crippen LogP contribution in [-0.4, -0.2) is 27.8 Å². The maximum atomic E-state index is 14.3. The van der Waals surface area contributed by atoms with Crippen LogP contribution in [0.15, 0.2) is 100 Å². The predicted octanol–water partition coefficient (Wildman–Crippen LogP) is 6.24. The van der Waals surface area contributed by atoms with Crippen LogP contribution in [0, 0.1) is 0 Å². The van der Waals surface area contributed by atoms with Crippen molar-refractivity contribution in [3.63, 3.8) is 0 Å². The molecule has 0 bridgehead atoms. The Balaban J connectivity index is 1.53. The number of hydrogen-bond acceptors (Lipinski definition) is 6. The van der Waals surface area contributed by atoms with Crippen LogP contribution in [0.3, 0.4) is 0 Å². The van der Waals surface area contributed by atoms with E-state index in [9.17, 15) is 9.59 Å². The van der Waals surface area contributed by atoms with Gasteiger partial charge < -0.3 is 14.0 Å². The molecule has 1 aliphatic heterocycles. The quantitative estimate of drug-likeness (QED) is 0.191. The molecule has 0 aliphatic carbocycles. The Bertz CT molecular complexity index is 2100. The molecular formula is C35H32ClN3O4S. The van der Waals surface area contributed by atoms with E-state index in [1.165, 1.54) is 11.3 Å². The number of allylic oxidation sites excluding steroid dienone is 1. The Kier molecular flexibility index (Phi) is 8.29. The van der Waals surface area contributed by atoms with Crippen LogP contribution in [0.4, 0.5) is 0 Å². The summed E-state index contributed by atoms with van der Waals surface area (Å²) in [5.41, 5.74) is 4.33. The molecule has 0 saturated heterocycles. The minimum absolute atomic E-state index is 0.104. The van der Waals surface area contributed by atoms with Crippen molar-refractivity contribution in [2.75, 3.05) is 6.61 Å². The van der Waals surface area contributed by atoms with E-state index in [0.29, 0.717) is 43.5 Å². The van der Waals surface area contributed by atoms with Gasteiger partial charge in [-0.25, -0.2) is 9.79 Å². The summed E-state index contributed by atoms with van der Waals surface area (Å²) in [5, 5.41) is 1.71. The number of halogens is 1. The number of esters is 1. The molecule has 224 valence electrons. The van der Waals surface area contributed by atoms with Gasteiger partial charge in [-0.15, -0.1) is 0 Å². The lowest BCUT2D eigenvalue weighted by atomic mass is 9.95. The van der Waals surface area contributed by atoms with Crippen molar-refractivity contribution in [2.24, 2.45) is 4.99 Å². The van der Waals surface area contributed by atoms with Crippen molar-refractivity contribution in [1.29, 1.82) is 0 Å². The molecule has 9 heteroatoms. The van der Waals surface area contributed by atoms with Gasteiger partial charge in [-0.3, -0.25) is 9.36 Å². The van der Waals surface area contributed by atoms with E-state index >= 15 is 0 Å². The van der Waals surface area contributed by atoms with E-state index < -0.39 is 12.0 Å². The van der Waals surface area contributed by atoms with Crippen molar-refractivity contribution >= 4 is 45.9 Å². The largest absolute Gasteiger partial charge is 0.491 e. The molecule has 3 heterocycles. The molecule has 6 rings (SSSR count). The van der Waals surface area contributed by atoms with Crippen LogP contribution >= 0.6 is 22.9 Å². The van der Waals surface area contributed by atoms with E-state index in [-0.39, 0.29) is 18.3 Å². The zero-order valence-corrected chi connectivity index (χ0v) is 26.5. The molecule has 7 nitrogen and oxygen atoms in total. The molecule has 0 N–H and O–H groups in total. The summed E-state index contributed by atoms with van der Waals surface area (Å²) in [6, 6.07) is 22.7. The molecular weight excluding hydrogens is 594 g/mol. The van der Waals surface area contributed by atoms with E-state index in [2.05, 4.69) is 22.9 Å². The van der Waals surface area contributed by atoms with Crippen LogP contribution in [0.5, 0.6) is 5.75 Å². The van der Waals surface area contributed by atoms with Crippen molar-refractivity contribution in [2.45, 2.75) is 46.4 Å². The highest BCUT2D eigenvalue weighted by Gasteiger charge is 2.35. The molecule has 1 atom stereocenters. The third-order valence-corrected chi connectivity index (χ3v) is 8.66. The zero-order valence-electron chi connectivity index (χ0n) is 24.9. The summed E-state index contributed by atoms with van der Waals surface area (Å²) in [6.07, 6.45) is 3.87. The third-order valence-electron chi connectivity index (χ3n) is 7.44. The fraction of sp³-hybridized carbons (Fsp3) is 0.229. The SMILES string of the molecule is CCOC(=O)C1=C(C)N=c2s/c(=C\c3cn(Cc4cccc(Cl)c4)c4ccccc34)c(=O)n2[C@@H]1c1ccccc1OC(C)C. The molecule has 3 aromatic carbocycles. The molecule has 0 fully saturated rings. The van der Waals surface area contributed by atoms with Crippen LogP contribution in [0.2, 0.25) is 5.02 Å². The fourth-order valence-electron chi connectivity index (χ4n) is 5.65. The van der Waals surface area contributed by atoms with Crippen molar-refractivity contribution in [3.05, 3.63) is 132 Å². The van der Waals surface area contributed by atoms with E-state index in [1.54, 1.807) is 18.4 Å². The molecule has 0 unspecified atom stereocenters. The number of thiazole rings is 1. The van der Waals surface area contributed by atoms with Gasteiger partial charge in [-0.05, 0) is 63.6 Å². The van der Waals surface area contributed by atoms with Gasteiger partial charge in [0, 0.05) is 39.8 Å². The molecule has 0 radical (unpaired) electrons. The van der Waals surface area contributed by atoms with Gasteiger partial charge in [-0.1, -0.05) is 71.5 Å². The number of aromatic nitrogens is 2. The highest BCUT2D eigenvalue weighted by atomic mass is 35.5. The number of ether oxygens (including phenoxy) is 2. The average Bonchev–Trinajstić information content (AvgIpc) is 3.48. The maximum Gasteiger partial charge on any atom is 0.338 e. The van der Waals surface area contributed by atoms with E-state index in [1.807, 2.05) is 80.6 Å². The standard InChI is InChI=1S/C35H32ClN3O4S/c1-5-42-34(41)31-22(4)37-35-39(32(31)27-14-7-9-16-29(27)43-21(2)3)33(40)30(44-35)18-24-20-38(28-15-8-6-13-26(24)28)19-23-11-10-12-25(36)17-23/h6-18,20-21,32H,5,19H2,1-4H3/b30-18-/t32-/m1/s1. The van der Waals surface area contributed by atoms with Crippen LogP contribution < -0.4 is 19.6 Å². The predicted molar refractivity (Wildman–Crippen MR) is 175 cm³/mol. The number of benzene rings is 3. The van der Waals surface area contributed by atoms with Gasteiger partial charge in [0.1, 0.15) is 11.8 Å². The number of carbonyl (C=O) groups excluding carboxylic acids is 1. The second-order valence-corrected chi connectivity index (χ2v) is 12.3. The number of hydrogen-bond donors (Lipinski definition) is 0. The third kappa shape index (κ3) is 5.63. The first-order valence-corrected chi connectivity index (χ1v) is 15.7. The molecule has 0 spiro atoms. The topological polar surface area (TPSA) is 74.8 Å². The summed E-state index contributed by atoms with van der Waals surface area (Å²) in [6.45, 7) is 8.26. The molecule has 44 heavy (non-hydrogen) atoms. The van der Waals surface area contributed by atoms with Crippen LogP contribution in [0.1, 0.15) is 50.4 Å². The summed E-state index contributed by atoms with van der Waals surface area (Å²) < 4.78 is 15.9. The smallest absolute Gasteiger partial charge is 0.338 e. The number of para-hydroxylation sites is 2. The van der Waals surface area contributed by atoms with Crippen LogP contribution in [0.25, 0.3) is 17.0 Å². The minimum atomic E-state index is -0.758. The number of carbonyl (C=O) groups is 1. The lowest BCUT2D eigenvalue weighted by Crippen LogP contribution is -2.40. The molecule has 0 amide bonds. The van der Waals surface area contributed by atoms with Gasteiger partial charge in [0.05, 0.1) is 28.5 Å². The second-order valence-electron chi connectivity index (χ2n) is 10.9. The first kappa shape index (κ1) is 29.7. The minimum Gasteiger partial charge on any atom is -0.491 e. The Morgan fingerprint density at radius 2 is 1.86 bits per heavy atom. The van der Waals surface area contributed by atoms with Crippen LogP contribution in [-0.2, 0) is 16.1 Å². The molecule has 1 aliphatic rings. The van der Waals surface area contributed by atoms with E-state index in [4.69, 9.17) is 26.1 Å². The first-order chi connectivity index (χ1) is 21.2. The van der Waals surface area contributed by atoms with Crippen molar-refractivity contribution in [1.82, 2.24) is 9.13 Å². The molecule has 5 aromatic rings. The highest BCUT2D eigenvalue weighted by molar-refractivity contribution is 7.07. The second kappa shape index (κ2) is 12.3. The summed E-state index contributed by atoms with van der Waals surface area (Å²) in [4.78, 5) is 32.9. The first-order valence-electron chi connectivity index (χ1n) is 14.5. The number of rotatable bonds is 8. The summed E-state index contributed by atoms with van der Waals surface area (Å²) in [5.74, 6) is 0.0964. The Morgan fingerprint density at radius 3 is 2.64 bits per heavy atom. The summed E-state index contributed by atoms with van der Waals surface area (Å²) in [7, 11) is 0. The average molecular weight is 626 g/mol. The molecule has 0 saturated carbocycles. The monoisotopic (exact) mass is 625 g/mol. The Labute approximate surface area is 264 Å². The van der Waals surface area contributed by atoms with Crippen molar-refractivity contribution < 1.29 is 14.3 Å². The van der Waals surface area contributed by atoms with Gasteiger partial charge in [0.15, 0.2) is 4.80 Å². The van der Waals surface area contributed by atoms with Gasteiger partial charge in [-0.2, -0.15) is 0 Å². The van der Waals surface area contributed by atoms with Crippen molar-refractivity contribution in [3.8, 4) is 5.75 Å².